The third kappa shape index (κ3) is 3.62. The smallest absolute Gasteiger partial charge is 0.159 e. The number of ketones is 1. The van der Waals surface area contributed by atoms with Crippen LogP contribution in [0.25, 0.3) is 0 Å². The molecule has 0 aromatic heterocycles. The second-order valence-corrected chi connectivity index (χ2v) is 12.4. The fourth-order valence-electron chi connectivity index (χ4n) is 8.30. The lowest BCUT2D eigenvalue weighted by Gasteiger charge is -2.59. The van der Waals surface area contributed by atoms with E-state index in [9.17, 15) is 25.2 Å². The van der Waals surface area contributed by atoms with Crippen LogP contribution in [0.1, 0.15) is 86.0 Å². The van der Waals surface area contributed by atoms with Crippen LogP contribution in [0.15, 0.2) is 11.1 Å². The van der Waals surface area contributed by atoms with Crippen LogP contribution in [-0.4, -0.2) is 50.6 Å². The average Bonchev–Trinajstić information content (AvgIpc) is 2.99. The second-order valence-electron chi connectivity index (χ2n) is 12.4. The maximum absolute atomic E-state index is 13.4. The largest absolute Gasteiger partial charge is 0.393 e. The second kappa shape index (κ2) is 8.48. The first-order valence-electron chi connectivity index (χ1n) is 12.9. The molecule has 0 aromatic carbocycles. The van der Waals surface area contributed by atoms with Gasteiger partial charge in [-0.2, -0.15) is 0 Å². The van der Waals surface area contributed by atoms with Crippen molar-refractivity contribution in [2.24, 2.45) is 40.4 Å². The van der Waals surface area contributed by atoms with Crippen LogP contribution in [0.5, 0.6) is 0 Å². The summed E-state index contributed by atoms with van der Waals surface area (Å²) < 4.78 is 0. The topological polar surface area (TPSA) is 98.0 Å². The van der Waals surface area contributed by atoms with Gasteiger partial charge in [-0.05, 0) is 79.4 Å². The first-order valence-corrected chi connectivity index (χ1v) is 12.9. The Morgan fingerprint density at radius 2 is 1.66 bits per heavy atom. The van der Waals surface area contributed by atoms with E-state index in [4.69, 9.17) is 0 Å². The molecule has 0 radical (unpaired) electrons. The lowest BCUT2D eigenvalue weighted by Crippen LogP contribution is -2.59. The van der Waals surface area contributed by atoms with E-state index in [1.807, 2.05) is 13.8 Å². The third-order valence-corrected chi connectivity index (χ3v) is 10.3. The third-order valence-electron chi connectivity index (χ3n) is 10.3. The minimum atomic E-state index is -0.900. The molecule has 0 spiro atoms. The zero-order valence-electron chi connectivity index (χ0n) is 20.6. The Balaban J connectivity index is 1.64. The van der Waals surface area contributed by atoms with E-state index in [2.05, 4.69) is 20.8 Å². The number of aliphatic hydroxyl groups excluding tert-OH is 4. The molecule has 0 aromatic rings. The van der Waals surface area contributed by atoms with Crippen LogP contribution in [-0.2, 0) is 4.79 Å². The molecule has 4 aliphatic carbocycles. The van der Waals surface area contributed by atoms with E-state index in [1.165, 1.54) is 0 Å². The first-order chi connectivity index (χ1) is 14.9. The highest BCUT2D eigenvalue weighted by atomic mass is 16.3. The normalized spacial score (nSPS) is 46.0. The summed E-state index contributed by atoms with van der Waals surface area (Å²) in [6, 6.07) is 0. The van der Waals surface area contributed by atoms with Crippen molar-refractivity contribution in [3.05, 3.63) is 11.1 Å². The Hall–Kier alpha value is -0.750. The summed E-state index contributed by atoms with van der Waals surface area (Å²) >= 11 is 0. The molecule has 0 heterocycles. The monoisotopic (exact) mass is 448 g/mol. The van der Waals surface area contributed by atoms with Gasteiger partial charge in [-0.1, -0.05) is 40.2 Å². The Bertz CT molecular complexity index is 774. The number of carbonyl (C=O) groups excluding carboxylic acids is 1. The number of Topliss-reactive ketones (excluding diaryl/α,β-unsaturated/α-hetero) is 1. The van der Waals surface area contributed by atoms with Gasteiger partial charge in [-0.3, -0.25) is 4.79 Å². The van der Waals surface area contributed by atoms with E-state index >= 15 is 0 Å². The van der Waals surface area contributed by atoms with Crippen molar-refractivity contribution in [3.63, 3.8) is 0 Å². The predicted octanol–water partition coefficient (Wildman–Crippen LogP) is 3.62. The molecule has 0 bridgehead atoms. The van der Waals surface area contributed by atoms with Crippen LogP contribution in [0.2, 0.25) is 0 Å². The van der Waals surface area contributed by atoms with Gasteiger partial charge in [0, 0.05) is 17.9 Å². The molecule has 4 N–H and O–H groups in total. The van der Waals surface area contributed by atoms with Crippen molar-refractivity contribution in [2.45, 2.75) is 110 Å². The lowest BCUT2D eigenvalue weighted by atomic mass is 9.47. The van der Waals surface area contributed by atoms with Crippen molar-refractivity contribution >= 4 is 5.78 Å². The fraction of sp³-hybridized carbons (Fsp3) is 0.889. The van der Waals surface area contributed by atoms with Gasteiger partial charge in [0.25, 0.3) is 0 Å². The van der Waals surface area contributed by atoms with E-state index in [1.54, 1.807) is 0 Å². The van der Waals surface area contributed by atoms with Gasteiger partial charge in [0.2, 0.25) is 0 Å². The number of fused-ring (bicyclic) bond motifs is 4. The van der Waals surface area contributed by atoms with Gasteiger partial charge in [-0.15, -0.1) is 0 Å². The standard InChI is InChI=1S/C27H44O5/c1-14(2)19(28)7-6-15(3)18-13-22(31)23-16-12-21(30)24-25(32)20(29)9-11-26(24,4)17(16)8-10-27(18,23)5/h14-15,17-21,24-25,28-30,32H,6-13H2,1-5H3/t15-,17?,18?,19+,20+,21+,24?,25+,26-,27-/m1/s1. The minimum absolute atomic E-state index is 0.166. The van der Waals surface area contributed by atoms with Crippen LogP contribution in [0.3, 0.4) is 0 Å². The zero-order valence-corrected chi connectivity index (χ0v) is 20.6. The van der Waals surface area contributed by atoms with Gasteiger partial charge in [-0.25, -0.2) is 0 Å². The van der Waals surface area contributed by atoms with Crippen LogP contribution in [0.4, 0.5) is 0 Å². The Morgan fingerprint density at radius 3 is 2.31 bits per heavy atom. The van der Waals surface area contributed by atoms with Crippen LogP contribution in [0, 0.1) is 40.4 Å². The molecule has 5 nitrogen and oxygen atoms in total. The molecule has 4 aliphatic rings. The molecule has 3 fully saturated rings. The highest BCUT2D eigenvalue weighted by Crippen LogP contribution is 2.65. The number of hydrogen-bond donors (Lipinski definition) is 4. The summed E-state index contributed by atoms with van der Waals surface area (Å²) in [5.41, 5.74) is 1.68. The summed E-state index contributed by atoms with van der Waals surface area (Å²) in [6.45, 7) is 10.8. The number of allylic oxidation sites excluding steroid dienone is 1. The minimum Gasteiger partial charge on any atom is -0.393 e. The molecule has 10 atom stereocenters. The maximum Gasteiger partial charge on any atom is 0.159 e. The molecule has 4 rings (SSSR count). The first kappa shape index (κ1) is 24.4. The van der Waals surface area contributed by atoms with Crippen molar-refractivity contribution in [2.75, 3.05) is 0 Å². The molecule has 0 aliphatic heterocycles. The highest BCUT2D eigenvalue weighted by Gasteiger charge is 2.61. The lowest BCUT2D eigenvalue weighted by molar-refractivity contribution is -0.166. The zero-order chi connectivity index (χ0) is 23.6. The van der Waals surface area contributed by atoms with Gasteiger partial charge in [0.1, 0.15) is 0 Å². The quantitative estimate of drug-likeness (QED) is 0.515. The molecule has 0 saturated heterocycles. The molecule has 3 saturated carbocycles. The Morgan fingerprint density at radius 1 is 0.969 bits per heavy atom. The number of rotatable bonds is 5. The van der Waals surface area contributed by atoms with Crippen molar-refractivity contribution in [3.8, 4) is 0 Å². The average molecular weight is 449 g/mol. The summed E-state index contributed by atoms with van der Waals surface area (Å²) in [4.78, 5) is 13.4. The maximum atomic E-state index is 13.4. The van der Waals surface area contributed by atoms with Gasteiger partial charge in [0.05, 0.1) is 24.4 Å². The summed E-state index contributed by atoms with van der Waals surface area (Å²) in [5, 5.41) is 42.4. The Kier molecular flexibility index (Phi) is 6.46. The number of hydrogen-bond acceptors (Lipinski definition) is 5. The molecular weight excluding hydrogens is 404 g/mol. The van der Waals surface area contributed by atoms with E-state index < -0.39 is 18.3 Å². The molecule has 3 unspecified atom stereocenters. The number of aliphatic hydroxyl groups is 4. The van der Waals surface area contributed by atoms with Crippen molar-refractivity contribution in [1.29, 1.82) is 0 Å². The van der Waals surface area contributed by atoms with E-state index in [0.717, 1.165) is 43.3 Å². The summed E-state index contributed by atoms with van der Waals surface area (Å²) in [6.07, 6.45) is 3.26. The molecule has 5 heteroatoms. The van der Waals surface area contributed by atoms with Crippen molar-refractivity contribution in [1.82, 2.24) is 0 Å². The molecule has 182 valence electrons. The fourth-order valence-corrected chi connectivity index (χ4v) is 8.30. The summed E-state index contributed by atoms with van der Waals surface area (Å²) in [5.74, 6) is 0.988. The predicted molar refractivity (Wildman–Crippen MR) is 124 cm³/mol. The molecule has 32 heavy (non-hydrogen) atoms. The SMILES string of the molecule is CC(C)[C@@H](O)CC[C@@H](C)C1CC(=O)C2=C3C[C@H](O)C4[C@@H](O)[C@@H](O)CC[C@]4(C)C3CC[C@@]21C. The van der Waals surface area contributed by atoms with Gasteiger partial charge < -0.3 is 20.4 Å². The molecule has 0 amide bonds. The molecular formula is C27H44O5. The van der Waals surface area contributed by atoms with Crippen molar-refractivity contribution < 1.29 is 25.2 Å². The van der Waals surface area contributed by atoms with Crippen LogP contribution < -0.4 is 0 Å². The number of carbonyl (C=O) groups is 1. The van der Waals surface area contributed by atoms with Gasteiger partial charge >= 0.3 is 0 Å². The summed E-state index contributed by atoms with van der Waals surface area (Å²) in [7, 11) is 0. The highest BCUT2D eigenvalue weighted by molar-refractivity contribution is 6.00. The van der Waals surface area contributed by atoms with E-state index in [0.29, 0.717) is 25.2 Å². The van der Waals surface area contributed by atoms with Gasteiger partial charge in [0.15, 0.2) is 5.78 Å². The van der Waals surface area contributed by atoms with Crippen LogP contribution >= 0.6 is 0 Å². The Labute approximate surface area is 193 Å². The van der Waals surface area contributed by atoms with E-state index in [-0.39, 0.29) is 46.4 Å².